The minimum atomic E-state index is -0.158. The first kappa shape index (κ1) is 17.5. The van der Waals surface area contributed by atoms with E-state index in [0.717, 1.165) is 5.75 Å². The number of thioether (sulfide) groups is 1. The number of hydrogen-bond donors (Lipinski definition) is 1. The van der Waals surface area contributed by atoms with Crippen LogP contribution in [0.15, 0.2) is 45.7 Å². The molecule has 0 bridgehead atoms. The number of rotatable bonds is 6. The molecule has 2 heterocycles. The molecule has 0 saturated heterocycles. The number of nitrogens with zero attached hydrogens (tertiary/aromatic N) is 2. The van der Waals surface area contributed by atoms with Gasteiger partial charge in [-0.1, -0.05) is 11.8 Å². The Balaban J connectivity index is 1.64. The first-order valence-electron chi connectivity index (χ1n) is 7.68. The van der Waals surface area contributed by atoms with E-state index in [2.05, 4.69) is 10.3 Å². The SMILES string of the molecule is CCOc1ccc(NC(=O)CSc2nc3sccc3c(=O)n2C)cc1. The quantitative estimate of drug-likeness (QED) is 0.529. The summed E-state index contributed by atoms with van der Waals surface area (Å²) in [7, 11) is 1.67. The first-order chi connectivity index (χ1) is 12.1. The largest absolute Gasteiger partial charge is 0.494 e. The summed E-state index contributed by atoms with van der Waals surface area (Å²) < 4.78 is 6.84. The summed E-state index contributed by atoms with van der Waals surface area (Å²) in [5, 5.41) is 5.80. The molecule has 8 heteroatoms. The summed E-state index contributed by atoms with van der Waals surface area (Å²) in [6.45, 7) is 2.52. The van der Waals surface area contributed by atoms with Crippen molar-refractivity contribution < 1.29 is 9.53 Å². The topological polar surface area (TPSA) is 73.2 Å². The third-order valence-corrected chi connectivity index (χ3v) is 5.28. The summed E-state index contributed by atoms with van der Waals surface area (Å²) >= 11 is 2.66. The zero-order valence-corrected chi connectivity index (χ0v) is 15.4. The normalized spacial score (nSPS) is 10.8. The third kappa shape index (κ3) is 4.02. The lowest BCUT2D eigenvalue weighted by Gasteiger charge is -2.08. The molecule has 3 rings (SSSR count). The van der Waals surface area contributed by atoms with Gasteiger partial charge >= 0.3 is 0 Å². The summed E-state index contributed by atoms with van der Waals surface area (Å²) in [5.74, 6) is 0.776. The molecule has 130 valence electrons. The minimum absolute atomic E-state index is 0.0966. The van der Waals surface area contributed by atoms with Gasteiger partial charge in [0.15, 0.2) is 5.16 Å². The maximum absolute atomic E-state index is 12.2. The number of ether oxygens (including phenoxy) is 1. The number of amides is 1. The van der Waals surface area contributed by atoms with Crippen LogP contribution in [0.25, 0.3) is 10.2 Å². The van der Waals surface area contributed by atoms with Crippen LogP contribution in [0.3, 0.4) is 0 Å². The Bertz CT molecular complexity index is 948. The highest BCUT2D eigenvalue weighted by atomic mass is 32.2. The van der Waals surface area contributed by atoms with Gasteiger partial charge in [0.2, 0.25) is 5.91 Å². The van der Waals surface area contributed by atoms with Gasteiger partial charge in [-0.15, -0.1) is 11.3 Å². The lowest BCUT2D eigenvalue weighted by Crippen LogP contribution is -2.20. The first-order valence-corrected chi connectivity index (χ1v) is 9.54. The van der Waals surface area contributed by atoms with Crippen LogP contribution in [-0.2, 0) is 11.8 Å². The zero-order chi connectivity index (χ0) is 17.8. The van der Waals surface area contributed by atoms with Gasteiger partial charge in [-0.05, 0) is 42.6 Å². The van der Waals surface area contributed by atoms with Crippen LogP contribution in [0, 0.1) is 0 Å². The zero-order valence-electron chi connectivity index (χ0n) is 13.8. The Labute approximate surface area is 152 Å². The molecular weight excluding hydrogens is 358 g/mol. The number of benzene rings is 1. The second kappa shape index (κ2) is 7.71. The van der Waals surface area contributed by atoms with Crippen LogP contribution >= 0.6 is 23.1 Å². The highest BCUT2D eigenvalue weighted by Crippen LogP contribution is 2.21. The van der Waals surface area contributed by atoms with Crippen molar-refractivity contribution in [3.63, 3.8) is 0 Å². The summed E-state index contributed by atoms with van der Waals surface area (Å²) in [4.78, 5) is 29.5. The Hall–Kier alpha value is -2.32. The Morgan fingerprint density at radius 2 is 2.08 bits per heavy atom. The van der Waals surface area contributed by atoms with Gasteiger partial charge in [0.05, 0.1) is 17.7 Å². The van der Waals surface area contributed by atoms with Crippen molar-refractivity contribution in [2.24, 2.45) is 7.05 Å². The fraction of sp³-hybridized carbons (Fsp3) is 0.235. The second-order valence-corrected chi connectivity index (χ2v) is 7.03. The average molecular weight is 375 g/mol. The van der Waals surface area contributed by atoms with Crippen molar-refractivity contribution in [2.75, 3.05) is 17.7 Å². The van der Waals surface area contributed by atoms with Gasteiger partial charge in [-0.25, -0.2) is 4.98 Å². The number of fused-ring (bicyclic) bond motifs is 1. The molecule has 0 unspecified atom stereocenters. The lowest BCUT2D eigenvalue weighted by molar-refractivity contribution is -0.113. The van der Waals surface area contributed by atoms with Crippen molar-refractivity contribution in [3.8, 4) is 5.75 Å². The molecule has 0 aliphatic heterocycles. The van der Waals surface area contributed by atoms with E-state index in [1.807, 2.05) is 24.4 Å². The monoisotopic (exact) mass is 375 g/mol. The van der Waals surface area contributed by atoms with Crippen LogP contribution < -0.4 is 15.6 Å². The predicted octanol–water partition coefficient (Wildman–Crippen LogP) is 3.12. The fourth-order valence-corrected chi connectivity index (χ4v) is 3.81. The Kier molecular flexibility index (Phi) is 5.40. The van der Waals surface area contributed by atoms with Crippen LogP contribution in [0.4, 0.5) is 5.69 Å². The van der Waals surface area contributed by atoms with E-state index in [0.29, 0.717) is 27.7 Å². The number of aromatic nitrogens is 2. The molecule has 0 aliphatic rings. The van der Waals surface area contributed by atoms with Crippen molar-refractivity contribution >= 4 is 44.9 Å². The van der Waals surface area contributed by atoms with E-state index in [9.17, 15) is 9.59 Å². The fourth-order valence-electron chi connectivity index (χ4n) is 2.24. The van der Waals surface area contributed by atoms with E-state index >= 15 is 0 Å². The smallest absolute Gasteiger partial charge is 0.262 e. The van der Waals surface area contributed by atoms with Crippen LogP contribution in [-0.4, -0.2) is 27.8 Å². The number of nitrogens with one attached hydrogen (secondary N) is 1. The van der Waals surface area contributed by atoms with Crippen molar-refractivity contribution in [2.45, 2.75) is 12.1 Å². The lowest BCUT2D eigenvalue weighted by atomic mass is 10.3. The molecule has 1 N–H and O–H groups in total. The number of hydrogen-bond acceptors (Lipinski definition) is 6. The molecule has 25 heavy (non-hydrogen) atoms. The maximum Gasteiger partial charge on any atom is 0.262 e. The number of thiophene rings is 1. The van der Waals surface area contributed by atoms with E-state index in [-0.39, 0.29) is 17.2 Å². The molecule has 0 aliphatic carbocycles. The molecule has 0 radical (unpaired) electrons. The van der Waals surface area contributed by atoms with Gasteiger partial charge in [0.1, 0.15) is 10.6 Å². The summed E-state index contributed by atoms with van der Waals surface area (Å²) in [6, 6.07) is 8.96. The van der Waals surface area contributed by atoms with Crippen molar-refractivity contribution in [1.82, 2.24) is 9.55 Å². The third-order valence-electron chi connectivity index (χ3n) is 3.45. The van der Waals surface area contributed by atoms with Crippen LogP contribution in [0.1, 0.15) is 6.92 Å². The van der Waals surface area contributed by atoms with Gasteiger partial charge in [-0.2, -0.15) is 0 Å². The molecule has 0 atom stereocenters. The predicted molar refractivity (Wildman–Crippen MR) is 102 cm³/mol. The van der Waals surface area contributed by atoms with E-state index < -0.39 is 0 Å². The van der Waals surface area contributed by atoms with Gasteiger partial charge in [-0.3, -0.25) is 14.2 Å². The molecule has 0 spiro atoms. The molecule has 2 aromatic heterocycles. The maximum atomic E-state index is 12.2. The molecular formula is C17H17N3O3S2. The Morgan fingerprint density at radius 1 is 1.32 bits per heavy atom. The molecule has 0 fully saturated rings. The standard InChI is InChI=1S/C17H17N3O3S2/c1-3-23-12-6-4-11(5-7-12)18-14(21)10-25-17-19-15-13(8-9-24-15)16(22)20(17)2/h4-9H,3,10H2,1-2H3,(H,18,21). The van der Waals surface area contributed by atoms with Crippen molar-refractivity contribution in [3.05, 3.63) is 46.1 Å². The van der Waals surface area contributed by atoms with Gasteiger partial charge in [0, 0.05) is 12.7 Å². The Morgan fingerprint density at radius 3 is 2.80 bits per heavy atom. The minimum Gasteiger partial charge on any atom is -0.494 e. The van der Waals surface area contributed by atoms with Gasteiger partial charge in [0.25, 0.3) is 5.56 Å². The van der Waals surface area contributed by atoms with Gasteiger partial charge < -0.3 is 10.1 Å². The molecule has 1 amide bonds. The number of anilines is 1. The molecule has 6 nitrogen and oxygen atoms in total. The van der Waals surface area contributed by atoms with E-state index in [1.165, 1.54) is 27.7 Å². The second-order valence-electron chi connectivity index (χ2n) is 5.19. The molecule has 3 aromatic rings. The molecule has 0 saturated carbocycles. The van der Waals surface area contributed by atoms with Crippen molar-refractivity contribution in [1.29, 1.82) is 0 Å². The average Bonchev–Trinajstić information content (AvgIpc) is 3.07. The summed E-state index contributed by atoms with van der Waals surface area (Å²) in [5.41, 5.74) is 0.602. The van der Waals surface area contributed by atoms with E-state index in [1.54, 1.807) is 25.2 Å². The van der Waals surface area contributed by atoms with Crippen LogP contribution in [0.2, 0.25) is 0 Å². The van der Waals surface area contributed by atoms with Crippen LogP contribution in [0.5, 0.6) is 5.75 Å². The number of carbonyl (C=O) groups excluding carboxylic acids is 1. The van der Waals surface area contributed by atoms with E-state index in [4.69, 9.17) is 4.74 Å². The highest BCUT2D eigenvalue weighted by molar-refractivity contribution is 7.99. The summed E-state index contributed by atoms with van der Waals surface area (Å²) in [6.07, 6.45) is 0. The number of carbonyl (C=O) groups is 1. The highest BCUT2D eigenvalue weighted by Gasteiger charge is 2.11. The molecule has 1 aromatic carbocycles.